The zero-order valence-electron chi connectivity index (χ0n) is 19.5. The van der Waals surface area contributed by atoms with E-state index in [-0.39, 0.29) is 18.3 Å². The molecule has 2 aromatic rings. The Morgan fingerprint density at radius 1 is 1.18 bits per heavy atom. The second kappa shape index (κ2) is 9.18. The number of imidazole rings is 1. The summed E-state index contributed by atoms with van der Waals surface area (Å²) in [7, 11) is -2.77. The summed E-state index contributed by atoms with van der Waals surface area (Å²) < 4.78 is 27.5. The predicted molar refractivity (Wildman–Crippen MR) is 118 cm³/mol. The molecular formula is C20H34N5O7P. The van der Waals surface area contributed by atoms with Gasteiger partial charge in [-0.25, -0.2) is 9.97 Å². The molecule has 3 heterocycles. The van der Waals surface area contributed by atoms with Gasteiger partial charge in [0.05, 0.1) is 24.4 Å². The van der Waals surface area contributed by atoms with Crippen LogP contribution in [0.3, 0.4) is 0 Å². The molecule has 6 unspecified atom stereocenters. The predicted octanol–water partition coefficient (Wildman–Crippen LogP) is 1.14. The number of rotatable bonds is 9. The lowest BCUT2D eigenvalue weighted by Gasteiger charge is -2.39. The maximum atomic E-state index is 12.9. The van der Waals surface area contributed by atoms with Crippen LogP contribution in [0, 0.1) is 5.41 Å². The van der Waals surface area contributed by atoms with E-state index < -0.39 is 43.1 Å². The van der Waals surface area contributed by atoms with E-state index in [1.54, 1.807) is 27.8 Å². The number of nitrogens with one attached hydrogen (secondary N) is 1. The number of hydrogen-bond donors (Lipinski definition) is 5. The van der Waals surface area contributed by atoms with Crippen LogP contribution in [0.5, 0.6) is 0 Å². The summed E-state index contributed by atoms with van der Waals surface area (Å²) in [4.78, 5) is 19.0. The van der Waals surface area contributed by atoms with Crippen molar-refractivity contribution in [1.29, 1.82) is 5.41 Å². The SMILES string of the molecule is CCC(CC)(CC1OC(n2cnc3c(=N)n(C)cnc32)C(O)C1O)OP(=O)(O)C(C)(O)CC. The van der Waals surface area contributed by atoms with Crippen LogP contribution in [0.15, 0.2) is 12.7 Å². The minimum atomic E-state index is -4.44. The molecule has 1 saturated heterocycles. The molecule has 3 rings (SSSR count). The summed E-state index contributed by atoms with van der Waals surface area (Å²) in [6.45, 7) is 6.40. The van der Waals surface area contributed by atoms with Gasteiger partial charge < -0.3 is 29.5 Å². The summed E-state index contributed by atoms with van der Waals surface area (Å²) in [5, 5.41) is 38.1. The van der Waals surface area contributed by atoms with Crippen molar-refractivity contribution < 1.29 is 34.0 Å². The van der Waals surface area contributed by atoms with E-state index in [2.05, 4.69) is 9.97 Å². The fraction of sp³-hybridized carbons (Fsp3) is 0.750. The van der Waals surface area contributed by atoms with Gasteiger partial charge in [0, 0.05) is 13.5 Å². The van der Waals surface area contributed by atoms with Crippen LogP contribution < -0.4 is 5.49 Å². The van der Waals surface area contributed by atoms with Gasteiger partial charge >= 0.3 is 7.60 Å². The summed E-state index contributed by atoms with van der Waals surface area (Å²) in [5.41, 5.74) is -0.408. The van der Waals surface area contributed by atoms with Crippen LogP contribution in [0.25, 0.3) is 11.2 Å². The van der Waals surface area contributed by atoms with E-state index in [4.69, 9.17) is 14.7 Å². The highest BCUT2D eigenvalue weighted by atomic mass is 31.2. The van der Waals surface area contributed by atoms with E-state index in [0.29, 0.717) is 24.0 Å². The van der Waals surface area contributed by atoms with E-state index in [0.717, 1.165) is 0 Å². The lowest BCUT2D eigenvalue weighted by atomic mass is 9.88. The molecule has 33 heavy (non-hydrogen) atoms. The first-order valence-electron chi connectivity index (χ1n) is 11.0. The van der Waals surface area contributed by atoms with Crippen LogP contribution in [0.4, 0.5) is 0 Å². The van der Waals surface area contributed by atoms with E-state index in [1.807, 2.05) is 0 Å². The third-order valence-electron chi connectivity index (χ3n) is 6.77. The number of fused-ring (bicyclic) bond motifs is 1. The Morgan fingerprint density at radius 3 is 2.39 bits per heavy atom. The molecule has 1 aliphatic heterocycles. The molecule has 186 valence electrons. The lowest BCUT2D eigenvalue weighted by molar-refractivity contribution is -0.0753. The minimum absolute atomic E-state index is 0.0117. The maximum absolute atomic E-state index is 12.9. The highest BCUT2D eigenvalue weighted by Crippen LogP contribution is 2.59. The van der Waals surface area contributed by atoms with Gasteiger partial charge in [-0.05, 0) is 26.2 Å². The number of ether oxygens (including phenoxy) is 1. The first-order chi connectivity index (χ1) is 15.3. The van der Waals surface area contributed by atoms with Gasteiger partial charge in [-0.1, -0.05) is 20.8 Å². The normalized spacial score (nSPS) is 27.5. The van der Waals surface area contributed by atoms with Crippen molar-refractivity contribution in [2.24, 2.45) is 7.05 Å². The summed E-state index contributed by atoms with van der Waals surface area (Å²) in [6.07, 6.45) is -1.10. The number of aromatic nitrogens is 4. The lowest BCUT2D eigenvalue weighted by Crippen LogP contribution is -2.41. The average Bonchev–Trinajstić information content (AvgIpc) is 3.32. The van der Waals surface area contributed by atoms with Gasteiger partial charge in [-0.3, -0.25) is 19.1 Å². The highest BCUT2D eigenvalue weighted by molar-refractivity contribution is 7.54. The van der Waals surface area contributed by atoms with Crippen LogP contribution >= 0.6 is 7.60 Å². The van der Waals surface area contributed by atoms with Crippen molar-refractivity contribution >= 4 is 18.8 Å². The molecule has 6 atom stereocenters. The van der Waals surface area contributed by atoms with Crippen LogP contribution in [0.2, 0.25) is 0 Å². The summed E-state index contributed by atoms with van der Waals surface area (Å²) >= 11 is 0. The van der Waals surface area contributed by atoms with Crippen molar-refractivity contribution in [3.8, 4) is 0 Å². The van der Waals surface area contributed by atoms with Gasteiger partial charge in [0.1, 0.15) is 17.7 Å². The van der Waals surface area contributed by atoms with E-state index in [1.165, 1.54) is 28.7 Å². The Kier molecular flexibility index (Phi) is 7.22. The smallest absolute Gasteiger partial charge is 0.359 e. The van der Waals surface area contributed by atoms with Crippen molar-refractivity contribution in [3.63, 3.8) is 0 Å². The highest BCUT2D eigenvalue weighted by Gasteiger charge is 2.51. The molecule has 2 aromatic heterocycles. The zero-order chi connectivity index (χ0) is 24.8. The number of hydrogen-bond acceptors (Lipinski definition) is 9. The number of nitrogens with zero attached hydrogens (tertiary/aromatic N) is 4. The summed E-state index contributed by atoms with van der Waals surface area (Å²) in [6, 6.07) is 0. The summed E-state index contributed by atoms with van der Waals surface area (Å²) in [5.74, 6) is 0. The van der Waals surface area contributed by atoms with Crippen molar-refractivity contribution in [1.82, 2.24) is 19.1 Å². The van der Waals surface area contributed by atoms with E-state index >= 15 is 0 Å². The molecule has 0 spiro atoms. The molecule has 1 fully saturated rings. The third-order valence-corrected chi connectivity index (χ3v) is 8.94. The van der Waals surface area contributed by atoms with E-state index in [9.17, 15) is 24.8 Å². The second-order valence-corrected chi connectivity index (χ2v) is 11.0. The number of aliphatic hydroxyl groups is 3. The maximum Gasteiger partial charge on any atom is 0.359 e. The van der Waals surface area contributed by atoms with Crippen LogP contribution in [-0.2, 0) is 20.9 Å². The molecule has 13 heteroatoms. The second-order valence-electron chi connectivity index (χ2n) is 8.85. The minimum Gasteiger partial charge on any atom is -0.388 e. The van der Waals surface area contributed by atoms with Gasteiger partial charge in [-0.2, -0.15) is 0 Å². The van der Waals surface area contributed by atoms with Gasteiger partial charge in [-0.15, -0.1) is 0 Å². The number of aryl methyl sites for hydroxylation is 1. The molecule has 0 amide bonds. The fourth-order valence-corrected chi connectivity index (χ4v) is 5.42. The standard InChI is InChI=1S/C20H34N5O7P/c1-6-19(4,28)33(29,30)32-20(7-2,8-3)9-12-14(26)15(27)18(31-12)25-11-22-13-16(21)24(5)10-23-17(13)25/h10-12,14-15,18,21,26-28H,6-9H2,1-5H3,(H,29,30). The topological polar surface area (TPSA) is 176 Å². The molecule has 0 radical (unpaired) electrons. The third kappa shape index (κ3) is 4.53. The van der Waals surface area contributed by atoms with Crippen molar-refractivity contribution in [2.45, 2.75) is 88.9 Å². The number of aliphatic hydroxyl groups excluding tert-OH is 2. The first-order valence-corrected chi connectivity index (χ1v) is 12.6. The quantitative estimate of drug-likeness (QED) is 0.325. The monoisotopic (exact) mass is 487 g/mol. The van der Waals surface area contributed by atoms with Crippen molar-refractivity contribution in [3.05, 3.63) is 18.1 Å². The molecular weight excluding hydrogens is 453 g/mol. The molecule has 5 N–H and O–H groups in total. The molecule has 12 nitrogen and oxygen atoms in total. The van der Waals surface area contributed by atoms with Gasteiger partial charge in [0.25, 0.3) is 0 Å². The molecule has 0 aromatic carbocycles. The molecule has 0 bridgehead atoms. The largest absolute Gasteiger partial charge is 0.388 e. The van der Waals surface area contributed by atoms with Gasteiger partial charge in [0.2, 0.25) is 0 Å². The Balaban J connectivity index is 1.89. The molecule has 0 saturated carbocycles. The van der Waals surface area contributed by atoms with Gasteiger partial charge in [0.15, 0.2) is 22.7 Å². The Hall–Kier alpha value is -1.66. The Morgan fingerprint density at radius 2 is 1.82 bits per heavy atom. The molecule has 0 aliphatic carbocycles. The van der Waals surface area contributed by atoms with Crippen LogP contribution in [0.1, 0.15) is 59.6 Å². The zero-order valence-corrected chi connectivity index (χ0v) is 20.4. The fourth-order valence-electron chi connectivity index (χ4n) is 3.96. The van der Waals surface area contributed by atoms with Crippen molar-refractivity contribution in [2.75, 3.05) is 0 Å². The molecule has 1 aliphatic rings. The Bertz CT molecular complexity index is 1100. The average molecular weight is 487 g/mol. The van der Waals surface area contributed by atoms with Crippen LogP contribution in [-0.4, -0.2) is 68.6 Å². The Labute approximate surface area is 191 Å². The first kappa shape index (κ1) is 26.0.